The van der Waals surface area contributed by atoms with Crippen molar-refractivity contribution in [3.8, 4) is 34.2 Å². The fraction of sp³-hybridized carbons (Fsp3) is 0.154. The summed E-state index contributed by atoms with van der Waals surface area (Å²) in [6.07, 6.45) is 5.10. The summed E-state index contributed by atoms with van der Waals surface area (Å²) in [7, 11) is 0. The molecule has 10 nitrogen and oxygen atoms in total. The molecule has 0 aliphatic carbocycles. The Balaban J connectivity index is 1.31. The van der Waals surface area contributed by atoms with Crippen molar-refractivity contribution in [2.75, 3.05) is 18.0 Å². The third-order valence-electron chi connectivity index (χ3n) is 6.47. The van der Waals surface area contributed by atoms with E-state index in [1.54, 1.807) is 18.6 Å². The van der Waals surface area contributed by atoms with Crippen LogP contribution in [0.1, 0.15) is 5.56 Å². The first-order valence-electron chi connectivity index (χ1n) is 11.8. The molecule has 7 rings (SSSR count). The molecular formula is C26H21FN10. The number of nitrogens with two attached hydrogens (primary N) is 1. The highest BCUT2D eigenvalue weighted by atomic mass is 19.1. The molecule has 1 aliphatic heterocycles. The first-order chi connectivity index (χ1) is 18.0. The van der Waals surface area contributed by atoms with Gasteiger partial charge in [0.05, 0.1) is 34.8 Å². The van der Waals surface area contributed by atoms with Crippen LogP contribution in [0.2, 0.25) is 0 Å². The molecule has 1 aliphatic rings. The maximum Gasteiger partial charge on any atom is 0.161 e. The molecule has 182 valence electrons. The van der Waals surface area contributed by atoms with E-state index in [0.29, 0.717) is 45.2 Å². The van der Waals surface area contributed by atoms with Crippen LogP contribution in [0.15, 0.2) is 55.0 Å². The van der Waals surface area contributed by atoms with E-state index in [9.17, 15) is 4.39 Å². The monoisotopic (exact) mass is 492 g/mol. The predicted molar refractivity (Wildman–Crippen MR) is 138 cm³/mol. The van der Waals surface area contributed by atoms with Crippen molar-refractivity contribution in [2.24, 2.45) is 5.73 Å². The summed E-state index contributed by atoms with van der Waals surface area (Å²) in [5.41, 5.74) is 12.7. The zero-order valence-electron chi connectivity index (χ0n) is 19.8. The van der Waals surface area contributed by atoms with E-state index in [0.717, 1.165) is 35.5 Å². The van der Waals surface area contributed by atoms with Crippen LogP contribution < -0.4 is 10.6 Å². The molecule has 6 heterocycles. The Hall–Kier alpha value is -4.77. The predicted octanol–water partition coefficient (Wildman–Crippen LogP) is 3.62. The van der Waals surface area contributed by atoms with E-state index in [1.165, 1.54) is 12.1 Å². The molecule has 1 aromatic carbocycles. The average molecular weight is 493 g/mol. The third kappa shape index (κ3) is 3.67. The highest BCUT2D eigenvalue weighted by molar-refractivity contribution is 5.95. The van der Waals surface area contributed by atoms with Crippen molar-refractivity contribution in [3.05, 3.63) is 66.4 Å². The molecule has 0 unspecified atom stereocenters. The molecule has 11 heteroatoms. The second-order valence-electron chi connectivity index (χ2n) is 9.25. The van der Waals surface area contributed by atoms with Crippen molar-refractivity contribution in [2.45, 2.75) is 13.0 Å². The first-order valence-corrected chi connectivity index (χ1v) is 11.8. The van der Waals surface area contributed by atoms with Gasteiger partial charge in [-0.1, -0.05) is 0 Å². The Morgan fingerprint density at radius 1 is 0.946 bits per heavy atom. The van der Waals surface area contributed by atoms with Gasteiger partial charge in [0.25, 0.3) is 0 Å². The van der Waals surface area contributed by atoms with E-state index in [4.69, 9.17) is 20.7 Å². The Labute approximate surface area is 209 Å². The molecule has 5 aromatic heterocycles. The van der Waals surface area contributed by atoms with Crippen LogP contribution in [0.4, 0.5) is 10.2 Å². The van der Waals surface area contributed by atoms with Crippen LogP contribution in [-0.2, 0) is 0 Å². The van der Waals surface area contributed by atoms with E-state index in [2.05, 4.69) is 30.0 Å². The van der Waals surface area contributed by atoms with Crippen LogP contribution >= 0.6 is 0 Å². The number of hydrogen-bond acceptors (Lipinski definition) is 8. The maximum absolute atomic E-state index is 14.1. The SMILES string of the molecule is Cc1cc(F)cc(-c2nccc3[nH]c(-c4n[nH]c5ccc(-c6cncc(N7CC(N)C7)n6)nc45)nc23)c1. The van der Waals surface area contributed by atoms with Crippen molar-refractivity contribution >= 4 is 27.9 Å². The lowest BCUT2D eigenvalue weighted by atomic mass is 10.1. The van der Waals surface area contributed by atoms with Gasteiger partial charge >= 0.3 is 0 Å². The van der Waals surface area contributed by atoms with Crippen LogP contribution in [0.3, 0.4) is 0 Å². The van der Waals surface area contributed by atoms with Crippen molar-refractivity contribution in [1.82, 2.24) is 40.1 Å². The van der Waals surface area contributed by atoms with Gasteiger partial charge in [-0.05, 0) is 48.9 Å². The zero-order valence-corrected chi connectivity index (χ0v) is 19.8. The zero-order chi connectivity index (χ0) is 25.1. The van der Waals surface area contributed by atoms with Gasteiger partial charge in [-0.2, -0.15) is 5.10 Å². The minimum absolute atomic E-state index is 0.165. The molecule has 0 bridgehead atoms. The number of aromatic nitrogens is 8. The molecule has 0 saturated carbocycles. The minimum Gasteiger partial charge on any atom is -0.352 e. The Morgan fingerprint density at radius 3 is 2.65 bits per heavy atom. The summed E-state index contributed by atoms with van der Waals surface area (Å²) in [4.78, 5) is 28.6. The van der Waals surface area contributed by atoms with Gasteiger partial charge < -0.3 is 15.6 Å². The van der Waals surface area contributed by atoms with Gasteiger partial charge in [0, 0.05) is 30.9 Å². The van der Waals surface area contributed by atoms with E-state index < -0.39 is 0 Å². The van der Waals surface area contributed by atoms with Crippen LogP contribution in [0.5, 0.6) is 0 Å². The van der Waals surface area contributed by atoms with Crippen LogP contribution in [0, 0.1) is 12.7 Å². The summed E-state index contributed by atoms with van der Waals surface area (Å²) >= 11 is 0. The van der Waals surface area contributed by atoms with Gasteiger partial charge in [-0.3, -0.25) is 15.1 Å². The number of halogens is 1. The molecule has 1 fully saturated rings. The summed E-state index contributed by atoms with van der Waals surface area (Å²) in [6.45, 7) is 3.36. The van der Waals surface area contributed by atoms with Crippen LogP contribution in [-0.4, -0.2) is 59.2 Å². The van der Waals surface area contributed by atoms with Gasteiger partial charge in [0.15, 0.2) is 11.5 Å². The molecule has 1 saturated heterocycles. The highest BCUT2D eigenvalue weighted by Gasteiger charge is 2.25. The van der Waals surface area contributed by atoms with Gasteiger partial charge in [-0.25, -0.2) is 19.3 Å². The molecule has 0 radical (unpaired) electrons. The summed E-state index contributed by atoms with van der Waals surface area (Å²) in [6, 6.07) is 10.6. The number of nitrogens with one attached hydrogen (secondary N) is 2. The molecule has 6 aromatic rings. The largest absolute Gasteiger partial charge is 0.352 e. The lowest BCUT2D eigenvalue weighted by molar-refractivity contribution is 0.514. The number of aromatic amines is 2. The first kappa shape index (κ1) is 21.5. The number of rotatable bonds is 4. The number of H-pyrrole nitrogens is 2. The molecule has 0 amide bonds. The number of anilines is 1. The van der Waals surface area contributed by atoms with Crippen molar-refractivity contribution in [1.29, 1.82) is 0 Å². The van der Waals surface area contributed by atoms with Gasteiger partial charge in [-0.15, -0.1) is 0 Å². The topological polar surface area (TPSA) is 138 Å². The maximum atomic E-state index is 14.1. The number of aryl methyl sites for hydroxylation is 1. The average Bonchev–Trinajstić information content (AvgIpc) is 3.49. The summed E-state index contributed by atoms with van der Waals surface area (Å²) in [5.74, 6) is 0.991. The van der Waals surface area contributed by atoms with E-state index >= 15 is 0 Å². The van der Waals surface area contributed by atoms with E-state index in [-0.39, 0.29) is 11.9 Å². The number of hydrogen-bond donors (Lipinski definition) is 3. The number of imidazole rings is 1. The minimum atomic E-state index is -0.316. The van der Waals surface area contributed by atoms with Crippen molar-refractivity contribution in [3.63, 3.8) is 0 Å². The Kier molecular flexibility index (Phi) is 4.73. The second kappa shape index (κ2) is 8.14. The standard InChI is InChI=1S/C26H21FN10/c1-13-6-14(8-15(27)7-13)22-23-18(4-5-30-22)33-26(34-23)25-24-19(35-36-25)3-2-17(32-24)20-9-29-10-21(31-20)37-11-16(28)12-37/h2-10,16H,11-12,28H2,1H3,(H,33,34)(H,35,36). The molecule has 0 spiro atoms. The van der Waals surface area contributed by atoms with E-state index in [1.807, 2.05) is 31.2 Å². The number of fused-ring (bicyclic) bond motifs is 2. The number of nitrogens with zero attached hydrogens (tertiary/aromatic N) is 7. The summed E-state index contributed by atoms with van der Waals surface area (Å²) in [5, 5.41) is 7.51. The molecule has 37 heavy (non-hydrogen) atoms. The fourth-order valence-electron chi connectivity index (χ4n) is 4.67. The smallest absolute Gasteiger partial charge is 0.161 e. The summed E-state index contributed by atoms with van der Waals surface area (Å²) < 4.78 is 14.1. The molecule has 0 atom stereocenters. The van der Waals surface area contributed by atoms with Crippen LogP contribution in [0.25, 0.3) is 56.2 Å². The van der Waals surface area contributed by atoms with Gasteiger partial charge in [0.2, 0.25) is 0 Å². The Morgan fingerprint density at radius 2 is 1.81 bits per heavy atom. The quantitative estimate of drug-likeness (QED) is 0.339. The number of pyridine rings is 2. The third-order valence-corrected chi connectivity index (χ3v) is 6.47. The highest BCUT2D eigenvalue weighted by Crippen LogP contribution is 2.31. The lowest BCUT2D eigenvalue weighted by Gasteiger charge is -2.37. The normalized spacial score (nSPS) is 14.0. The second-order valence-corrected chi connectivity index (χ2v) is 9.25. The lowest BCUT2D eigenvalue weighted by Crippen LogP contribution is -2.56. The van der Waals surface area contributed by atoms with Gasteiger partial charge in [0.1, 0.15) is 28.4 Å². The number of benzene rings is 1. The Bertz CT molecular complexity index is 1780. The fourth-order valence-corrected chi connectivity index (χ4v) is 4.67. The molecule has 4 N–H and O–H groups in total. The van der Waals surface area contributed by atoms with Crippen molar-refractivity contribution < 1.29 is 4.39 Å². The molecular weight excluding hydrogens is 471 g/mol.